The van der Waals surface area contributed by atoms with E-state index in [1.807, 2.05) is 0 Å². The first-order valence-electron chi connectivity index (χ1n) is 5.52. The molecule has 0 saturated heterocycles. The summed E-state index contributed by atoms with van der Waals surface area (Å²) in [6.07, 6.45) is 3.51. The van der Waals surface area contributed by atoms with E-state index in [1.54, 1.807) is 18.9 Å². The summed E-state index contributed by atoms with van der Waals surface area (Å²) < 4.78 is 1.39. The van der Waals surface area contributed by atoms with Crippen molar-refractivity contribution in [3.05, 3.63) is 17.5 Å². The van der Waals surface area contributed by atoms with Crippen LogP contribution in [0.15, 0.2) is 6.20 Å². The molecule has 1 amide bonds. The number of nitrogens with zero attached hydrogens (tertiary/aromatic N) is 3. The molecule has 17 heavy (non-hydrogen) atoms. The summed E-state index contributed by atoms with van der Waals surface area (Å²) in [6.45, 7) is 1.72. The molecule has 1 saturated carbocycles. The number of carboxylic acids is 1. The van der Waals surface area contributed by atoms with E-state index in [9.17, 15) is 9.59 Å². The van der Waals surface area contributed by atoms with Gasteiger partial charge in [0.05, 0.1) is 5.69 Å². The zero-order valence-corrected chi connectivity index (χ0v) is 9.88. The summed E-state index contributed by atoms with van der Waals surface area (Å²) in [4.78, 5) is 24.3. The molecule has 2 rings (SSSR count). The van der Waals surface area contributed by atoms with Crippen LogP contribution in [-0.2, 0) is 11.3 Å². The van der Waals surface area contributed by atoms with E-state index in [1.165, 1.54) is 10.9 Å². The summed E-state index contributed by atoms with van der Waals surface area (Å²) in [6, 6.07) is 0.359. The van der Waals surface area contributed by atoms with Crippen molar-refractivity contribution in [2.24, 2.45) is 0 Å². The van der Waals surface area contributed by atoms with Gasteiger partial charge in [-0.2, -0.15) is 5.10 Å². The molecule has 0 bridgehead atoms. The number of aromatic carboxylic acids is 1. The molecule has 1 N–H and O–H groups in total. The van der Waals surface area contributed by atoms with E-state index in [0.29, 0.717) is 11.7 Å². The molecule has 1 heterocycles. The first-order chi connectivity index (χ1) is 7.99. The summed E-state index contributed by atoms with van der Waals surface area (Å²) in [5.74, 6) is -1.05. The van der Waals surface area contributed by atoms with E-state index >= 15 is 0 Å². The first-order valence-corrected chi connectivity index (χ1v) is 5.52. The topological polar surface area (TPSA) is 75.4 Å². The van der Waals surface area contributed by atoms with Gasteiger partial charge in [0.2, 0.25) is 5.91 Å². The quantitative estimate of drug-likeness (QED) is 0.827. The minimum Gasteiger partial charge on any atom is -0.478 e. The molecule has 0 unspecified atom stereocenters. The predicted molar refractivity (Wildman–Crippen MR) is 59.7 cm³/mol. The van der Waals surface area contributed by atoms with Gasteiger partial charge < -0.3 is 10.0 Å². The van der Waals surface area contributed by atoms with Crippen LogP contribution in [0.5, 0.6) is 0 Å². The number of amides is 1. The van der Waals surface area contributed by atoms with Crippen molar-refractivity contribution in [1.82, 2.24) is 14.7 Å². The van der Waals surface area contributed by atoms with Crippen LogP contribution in [0.4, 0.5) is 0 Å². The number of aromatic nitrogens is 2. The summed E-state index contributed by atoms with van der Waals surface area (Å²) in [7, 11) is 1.77. The Bertz CT molecular complexity index is 463. The fraction of sp³-hybridized carbons (Fsp3) is 0.545. The zero-order valence-electron chi connectivity index (χ0n) is 9.88. The lowest BCUT2D eigenvalue weighted by molar-refractivity contribution is -0.131. The summed E-state index contributed by atoms with van der Waals surface area (Å²) in [5, 5.41) is 12.9. The number of carbonyl (C=O) groups excluding carboxylic acids is 1. The van der Waals surface area contributed by atoms with Crippen molar-refractivity contribution in [3.8, 4) is 0 Å². The van der Waals surface area contributed by atoms with Gasteiger partial charge in [-0.25, -0.2) is 4.79 Å². The first kappa shape index (κ1) is 11.6. The Labute approximate surface area is 98.8 Å². The van der Waals surface area contributed by atoms with Crippen LogP contribution in [0.1, 0.15) is 28.9 Å². The van der Waals surface area contributed by atoms with Gasteiger partial charge in [-0.1, -0.05) is 0 Å². The molecule has 0 aromatic carbocycles. The van der Waals surface area contributed by atoms with Crippen LogP contribution in [0.25, 0.3) is 0 Å². The maximum Gasteiger partial charge on any atom is 0.339 e. The SMILES string of the molecule is Cc1nn(CC(=O)N(C)C2CC2)cc1C(=O)O. The highest BCUT2D eigenvalue weighted by Crippen LogP contribution is 2.25. The largest absolute Gasteiger partial charge is 0.478 e. The normalized spacial score (nSPS) is 14.7. The maximum atomic E-state index is 11.8. The van der Waals surface area contributed by atoms with Crippen molar-refractivity contribution in [2.75, 3.05) is 7.05 Å². The highest BCUT2D eigenvalue weighted by atomic mass is 16.4. The van der Waals surface area contributed by atoms with E-state index in [4.69, 9.17) is 5.11 Å². The minimum absolute atomic E-state index is 0.0352. The molecule has 0 atom stereocenters. The lowest BCUT2D eigenvalue weighted by atomic mass is 10.3. The average Bonchev–Trinajstić information content (AvgIpc) is 3.02. The number of carbonyl (C=O) groups is 2. The second kappa shape index (κ2) is 4.20. The molecule has 0 radical (unpaired) electrons. The molecule has 1 aliphatic carbocycles. The molecule has 1 fully saturated rings. The number of rotatable bonds is 4. The Morgan fingerprint density at radius 1 is 1.59 bits per heavy atom. The third-order valence-electron chi connectivity index (χ3n) is 2.96. The number of aryl methyl sites for hydroxylation is 1. The number of carboxylic acid groups (broad SMARTS) is 1. The van der Waals surface area contributed by atoms with Gasteiger partial charge in [-0.3, -0.25) is 9.48 Å². The predicted octanol–water partition coefficient (Wildman–Crippen LogP) is 0.511. The second-order valence-electron chi connectivity index (χ2n) is 4.37. The summed E-state index contributed by atoms with van der Waals surface area (Å²) >= 11 is 0. The molecule has 1 aromatic heterocycles. The molecule has 6 heteroatoms. The van der Waals surface area contributed by atoms with Crippen LogP contribution in [-0.4, -0.2) is 44.8 Å². The van der Waals surface area contributed by atoms with Crippen LogP contribution >= 0.6 is 0 Å². The van der Waals surface area contributed by atoms with Crippen molar-refractivity contribution < 1.29 is 14.7 Å². The highest BCUT2D eigenvalue weighted by Gasteiger charge is 2.29. The van der Waals surface area contributed by atoms with Gasteiger partial charge >= 0.3 is 5.97 Å². The smallest absolute Gasteiger partial charge is 0.339 e. The molecule has 6 nitrogen and oxygen atoms in total. The Hall–Kier alpha value is -1.85. The Balaban J connectivity index is 2.05. The number of likely N-dealkylation sites (N-methyl/N-ethyl adjacent to an activating group) is 1. The molecular weight excluding hydrogens is 222 g/mol. The van der Waals surface area contributed by atoms with Gasteiger partial charge in [0.25, 0.3) is 0 Å². The van der Waals surface area contributed by atoms with Crippen molar-refractivity contribution in [1.29, 1.82) is 0 Å². The van der Waals surface area contributed by atoms with Crippen molar-refractivity contribution >= 4 is 11.9 Å². The van der Waals surface area contributed by atoms with Crippen LogP contribution in [0.2, 0.25) is 0 Å². The van der Waals surface area contributed by atoms with Crippen LogP contribution in [0.3, 0.4) is 0 Å². The molecule has 0 spiro atoms. The van der Waals surface area contributed by atoms with E-state index < -0.39 is 5.97 Å². The van der Waals surface area contributed by atoms with Gasteiger partial charge in [0.1, 0.15) is 12.1 Å². The van der Waals surface area contributed by atoms with Crippen LogP contribution < -0.4 is 0 Å². The molecule has 1 aromatic rings. The number of hydrogen-bond acceptors (Lipinski definition) is 3. The molecule has 1 aliphatic rings. The maximum absolute atomic E-state index is 11.8. The Morgan fingerprint density at radius 2 is 2.24 bits per heavy atom. The molecular formula is C11H15N3O3. The summed E-state index contributed by atoms with van der Waals surface area (Å²) in [5.41, 5.74) is 0.575. The van der Waals surface area contributed by atoms with E-state index in [-0.39, 0.29) is 18.0 Å². The fourth-order valence-corrected chi connectivity index (χ4v) is 1.72. The lowest BCUT2D eigenvalue weighted by Crippen LogP contribution is -2.32. The lowest BCUT2D eigenvalue weighted by Gasteiger charge is -2.15. The second-order valence-corrected chi connectivity index (χ2v) is 4.37. The third kappa shape index (κ3) is 2.46. The van der Waals surface area contributed by atoms with Crippen molar-refractivity contribution in [3.63, 3.8) is 0 Å². The van der Waals surface area contributed by atoms with Gasteiger partial charge in [-0.15, -0.1) is 0 Å². The fourth-order valence-electron chi connectivity index (χ4n) is 1.72. The molecule has 92 valence electrons. The number of hydrogen-bond donors (Lipinski definition) is 1. The van der Waals surface area contributed by atoms with Crippen LogP contribution in [0, 0.1) is 6.92 Å². The third-order valence-corrected chi connectivity index (χ3v) is 2.96. The Kier molecular flexibility index (Phi) is 2.87. The highest BCUT2D eigenvalue weighted by molar-refractivity contribution is 5.88. The van der Waals surface area contributed by atoms with Gasteiger partial charge in [0, 0.05) is 19.3 Å². The van der Waals surface area contributed by atoms with E-state index in [2.05, 4.69) is 5.10 Å². The average molecular weight is 237 g/mol. The minimum atomic E-state index is -1.02. The van der Waals surface area contributed by atoms with E-state index in [0.717, 1.165) is 12.8 Å². The van der Waals surface area contributed by atoms with Crippen molar-refractivity contribution in [2.45, 2.75) is 32.4 Å². The monoisotopic (exact) mass is 237 g/mol. The Morgan fingerprint density at radius 3 is 2.71 bits per heavy atom. The zero-order chi connectivity index (χ0) is 12.6. The standard InChI is InChI=1S/C11H15N3O3/c1-7-9(11(16)17)5-14(12-7)6-10(15)13(2)8-3-4-8/h5,8H,3-4,6H2,1-2H3,(H,16,17). The van der Waals surface area contributed by atoms with Gasteiger partial charge in [-0.05, 0) is 19.8 Å². The van der Waals surface area contributed by atoms with Gasteiger partial charge in [0.15, 0.2) is 0 Å². The molecule has 0 aliphatic heterocycles.